The van der Waals surface area contributed by atoms with Gasteiger partial charge in [-0.25, -0.2) is 0 Å². The first-order valence-electron chi connectivity index (χ1n) is 6.89. The van der Waals surface area contributed by atoms with Gasteiger partial charge in [0.1, 0.15) is 0 Å². The van der Waals surface area contributed by atoms with E-state index in [2.05, 4.69) is 42.5 Å². The van der Waals surface area contributed by atoms with Gasteiger partial charge in [0.15, 0.2) is 0 Å². The predicted octanol–water partition coefficient (Wildman–Crippen LogP) is 4.65. The third-order valence-electron chi connectivity index (χ3n) is 4.33. The van der Waals surface area contributed by atoms with Gasteiger partial charge in [0, 0.05) is 7.11 Å². The van der Waals surface area contributed by atoms with Crippen molar-refractivity contribution in [3.63, 3.8) is 0 Å². The molecule has 0 aliphatic heterocycles. The molecular formula is C17H20O. The van der Waals surface area contributed by atoms with Gasteiger partial charge in [-0.2, -0.15) is 0 Å². The monoisotopic (exact) mass is 240 g/mol. The molecule has 1 aliphatic carbocycles. The molecule has 0 amide bonds. The fourth-order valence-corrected chi connectivity index (χ4v) is 3.33. The molecule has 2 aromatic rings. The molecule has 2 aromatic carbocycles. The molecule has 3 rings (SSSR count). The molecule has 18 heavy (non-hydrogen) atoms. The molecular weight excluding hydrogens is 220 g/mol. The summed E-state index contributed by atoms with van der Waals surface area (Å²) in [6.07, 6.45) is 6.19. The van der Waals surface area contributed by atoms with Crippen LogP contribution in [0.5, 0.6) is 0 Å². The highest BCUT2D eigenvalue weighted by molar-refractivity contribution is 5.86. The number of hydrogen-bond donors (Lipinski definition) is 0. The Labute approximate surface area is 109 Å². The Bertz CT molecular complexity index is 533. The lowest BCUT2D eigenvalue weighted by molar-refractivity contribution is -0.0433. The van der Waals surface area contributed by atoms with Gasteiger partial charge in [-0.05, 0) is 29.2 Å². The van der Waals surface area contributed by atoms with Crippen molar-refractivity contribution >= 4 is 10.8 Å². The number of benzene rings is 2. The van der Waals surface area contributed by atoms with E-state index in [9.17, 15) is 0 Å². The van der Waals surface area contributed by atoms with E-state index in [4.69, 9.17) is 4.74 Å². The minimum Gasteiger partial charge on any atom is -0.374 e. The normalized spacial score (nSPS) is 18.9. The van der Waals surface area contributed by atoms with E-state index in [0.29, 0.717) is 0 Å². The Kier molecular flexibility index (Phi) is 3.09. The van der Waals surface area contributed by atoms with Crippen LogP contribution in [0.25, 0.3) is 10.8 Å². The predicted molar refractivity (Wildman–Crippen MR) is 75.7 cm³/mol. The van der Waals surface area contributed by atoms with Crippen LogP contribution in [-0.4, -0.2) is 7.11 Å². The van der Waals surface area contributed by atoms with E-state index >= 15 is 0 Å². The van der Waals surface area contributed by atoms with Gasteiger partial charge in [0.2, 0.25) is 0 Å². The summed E-state index contributed by atoms with van der Waals surface area (Å²) in [6.45, 7) is 0. The molecule has 1 heteroatoms. The molecule has 0 atom stereocenters. The second-order valence-corrected chi connectivity index (χ2v) is 5.29. The van der Waals surface area contributed by atoms with Crippen LogP contribution < -0.4 is 0 Å². The summed E-state index contributed by atoms with van der Waals surface area (Å²) in [5.41, 5.74) is 1.32. The molecule has 0 bridgehead atoms. The summed E-state index contributed by atoms with van der Waals surface area (Å²) in [5, 5.41) is 2.67. The Hall–Kier alpha value is -1.34. The van der Waals surface area contributed by atoms with Gasteiger partial charge in [-0.3, -0.25) is 0 Å². The fraction of sp³-hybridized carbons (Fsp3) is 0.412. The topological polar surface area (TPSA) is 9.23 Å². The molecule has 0 saturated heterocycles. The summed E-state index contributed by atoms with van der Waals surface area (Å²) in [5.74, 6) is 0. The Morgan fingerprint density at radius 1 is 0.889 bits per heavy atom. The molecule has 0 spiro atoms. The maximum absolute atomic E-state index is 5.97. The largest absolute Gasteiger partial charge is 0.374 e. The Balaban J connectivity index is 2.17. The number of methoxy groups -OCH3 is 1. The van der Waals surface area contributed by atoms with Crippen LogP contribution in [-0.2, 0) is 10.3 Å². The van der Waals surface area contributed by atoms with Crippen LogP contribution in [0, 0.1) is 0 Å². The highest BCUT2D eigenvalue weighted by Gasteiger charge is 2.34. The second kappa shape index (κ2) is 4.74. The van der Waals surface area contributed by atoms with Crippen molar-refractivity contribution in [1.82, 2.24) is 0 Å². The zero-order valence-corrected chi connectivity index (χ0v) is 11.0. The number of ether oxygens (including phenoxy) is 1. The SMILES string of the molecule is COC1(c2cccc3ccccc23)CCCCC1. The van der Waals surface area contributed by atoms with Gasteiger partial charge in [-0.1, -0.05) is 61.7 Å². The van der Waals surface area contributed by atoms with Crippen LogP contribution in [0.15, 0.2) is 42.5 Å². The minimum absolute atomic E-state index is 0.0564. The smallest absolute Gasteiger partial charge is 0.0933 e. The average Bonchev–Trinajstić information content (AvgIpc) is 2.47. The van der Waals surface area contributed by atoms with Crippen LogP contribution in [0.2, 0.25) is 0 Å². The van der Waals surface area contributed by atoms with Crippen molar-refractivity contribution < 1.29 is 4.74 Å². The quantitative estimate of drug-likeness (QED) is 0.742. The first-order chi connectivity index (χ1) is 8.86. The van der Waals surface area contributed by atoms with E-state index < -0.39 is 0 Å². The Morgan fingerprint density at radius 2 is 1.61 bits per heavy atom. The Morgan fingerprint density at radius 3 is 2.39 bits per heavy atom. The number of hydrogen-bond acceptors (Lipinski definition) is 1. The summed E-state index contributed by atoms with van der Waals surface area (Å²) < 4.78 is 5.97. The molecule has 0 aromatic heterocycles. The standard InChI is InChI=1S/C17H20O/c1-18-17(12-5-2-6-13-17)16-11-7-9-14-8-3-4-10-15(14)16/h3-4,7-11H,2,5-6,12-13H2,1H3. The zero-order chi connectivity index (χ0) is 12.4. The first kappa shape index (κ1) is 11.7. The maximum Gasteiger partial charge on any atom is 0.0933 e. The second-order valence-electron chi connectivity index (χ2n) is 5.29. The molecule has 1 saturated carbocycles. The highest BCUT2D eigenvalue weighted by Crippen LogP contribution is 2.42. The van der Waals surface area contributed by atoms with Crippen LogP contribution in [0.3, 0.4) is 0 Å². The van der Waals surface area contributed by atoms with Crippen LogP contribution in [0.1, 0.15) is 37.7 Å². The van der Waals surface area contributed by atoms with Gasteiger partial charge in [0.25, 0.3) is 0 Å². The maximum atomic E-state index is 5.97. The lowest BCUT2D eigenvalue weighted by Crippen LogP contribution is -2.31. The molecule has 0 heterocycles. The van der Waals surface area contributed by atoms with Gasteiger partial charge in [-0.15, -0.1) is 0 Å². The molecule has 0 radical (unpaired) electrons. The molecule has 0 unspecified atom stereocenters. The number of rotatable bonds is 2. The fourth-order valence-electron chi connectivity index (χ4n) is 3.33. The molecule has 1 fully saturated rings. The van der Waals surface area contributed by atoms with Crippen molar-refractivity contribution in [1.29, 1.82) is 0 Å². The summed E-state index contributed by atoms with van der Waals surface area (Å²) >= 11 is 0. The summed E-state index contributed by atoms with van der Waals surface area (Å²) in [4.78, 5) is 0. The van der Waals surface area contributed by atoms with E-state index in [1.165, 1.54) is 35.6 Å². The van der Waals surface area contributed by atoms with Crippen molar-refractivity contribution in [2.24, 2.45) is 0 Å². The highest BCUT2D eigenvalue weighted by atomic mass is 16.5. The van der Waals surface area contributed by atoms with Gasteiger partial charge in [0.05, 0.1) is 5.60 Å². The first-order valence-corrected chi connectivity index (χ1v) is 6.89. The molecule has 94 valence electrons. The minimum atomic E-state index is -0.0564. The van der Waals surface area contributed by atoms with Crippen molar-refractivity contribution in [3.8, 4) is 0 Å². The third-order valence-corrected chi connectivity index (χ3v) is 4.33. The molecule has 1 nitrogen and oxygen atoms in total. The van der Waals surface area contributed by atoms with Crippen molar-refractivity contribution in [2.45, 2.75) is 37.7 Å². The zero-order valence-electron chi connectivity index (χ0n) is 11.0. The van der Waals surface area contributed by atoms with Crippen molar-refractivity contribution in [3.05, 3.63) is 48.0 Å². The van der Waals surface area contributed by atoms with Crippen LogP contribution >= 0.6 is 0 Å². The van der Waals surface area contributed by atoms with E-state index in [0.717, 1.165) is 12.8 Å². The summed E-state index contributed by atoms with van der Waals surface area (Å²) in [6, 6.07) is 15.2. The third kappa shape index (κ3) is 1.83. The van der Waals surface area contributed by atoms with Gasteiger partial charge < -0.3 is 4.74 Å². The van der Waals surface area contributed by atoms with Crippen LogP contribution in [0.4, 0.5) is 0 Å². The lowest BCUT2D eigenvalue weighted by atomic mass is 9.78. The van der Waals surface area contributed by atoms with E-state index in [-0.39, 0.29) is 5.60 Å². The molecule has 0 N–H and O–H groups in total. The van der Waals surface area contributed by atoms with Gasteiger partial charge >= 0.3 is 0 Å². The van der Waals surface area contributed by atoms with E-state index in [1.807, 2.05) is 7.11 Å². The lowest BCUT2D eigenvalue weighted by Gasteiger charge is -2.37. The van der Waals surface area contributed by atoms with E-state index in [1.54, 1.807) is 0 Å². The average molecular weight is 240 g/mol. The molecule has 1 aliphatic rings. The number of fused-ring (bicyclic) bond motifs is 1. The summed E-state index contributed by atoms with van der Waals surface area (Å²) in [7, 11) is 1.87. The van der Waals surface area contributed by atoms with Crippen molar-refractivity contribution in [2.75, 3.05) is 7.11 Å².